The van der Waals surface area contributed by atoms with Gasteiger partial charge in [0.15, 0.2) is 0 Å². The fourth-order valence-electron chi connectivity index (χ4n) is 4.30. The molecule has 1 aromatic rings. The van der Waals surface area contributed by atoms with Crippen molar-refractivity contribution < 1.29 is 24.4 Å². The van der Waals surface area contributed by atoms with Crippen LogP contribution in [-0.2, 0) is 19.1 Å². The van der Waals surface area contributed by atoms with Crippen molar-refractivity contribution in [3.05, 3.63) is 35.4 Å². The van der Waals surface area contributed by atoms with Gasteiger partial charge in [0.05, 0.1) is 6.61 Å². The molecule has 2 fully saturated rings. The van der Waals surface area contributed by atoms with Crippen molar-refractivity contribution in [1.29, 1.82) is 0 Å². The number of carbonyl (C=O) groups excluding carboxylic acids is 3. The van der Waals surface area contributed by atoms with Gasteiger partial charge in [-0.2, -0.15) is 0 Å². The highest BCUT2D eigenvalue weighted by molar-refractivity contribution is 6.08. The molecule has 134 valence electrons. The SMILES string of the molecule is CCOC(=O)[C@]1(CC)[NH2+][C@@H](c2ccc(C)cc2)[C@H]2C(=O)N(C)C(=O)[C@H]21. The van der Waals surface area contributed by atoms with E-state index in [-0.39, 0.29) is 24.5 Å². The summed E-state index contributed by atoms with van der Waals surface area (Å²) < 4.78 is 5.30. The van der Waals surface area contributed by atoms with Crippen LogP contribution in [0.1, 0.15) is 37.4 Å². The summed E-state index contributed by atoms with van der Waals surface area (Å²) in [6.45, 7) is 5.87. The van der Waals surface area contributed by atoms with Crippen LogP contribution in [0.4, 0.5) is 0 Å². The molecule has 2 amide bonds. The summed E-state index contributed by atoms with van der Waals surface area (Å²) in [5, 5.41) is 1.90. The molecule has 3 rings (SSSR count). The van der Waals surface area contributed by atoms with Crippen LogP contribution < -0.4 is 5.32 Å². The molecule has 25 heavy (non-hydrogen) atoms. The largest absolute Gasteiger partial charge is 0.461 e. The number of hydrogen-bond donors (Lipinski definition) is 1. The number of likely N-dealkylation sites (tertiary alicyclic amines) is 1. The number of rotatable bonds is 4. The maximum Gasteiger partial charge on any atom is 0.368 e. The Labute approximate surface area is 147 Å². The number of quaternary nitrogens is 1. The number of fused-ring (bicyclic) bond motifs is 1. The van der Waals surface area contributed by atoms with E-state index in [0.29, 0.717) is 6.42 Å². The molecule has 6 nitrogen and oxygen atoms in total. The second kappa shape index (κ2) is 6.26. The topological polar surface area (TPSA) is 80.3 Å². The van der Waals surface area contributed by atoms with Gasteiger partial charge in [-0.3, -0.25) is 14.5 Å². The lowest BCUT2D eigenvalue weighted by Gasteiger charge is -2.28. The fourth-order valence-corrected chi connectivity index (χ4v) is 4.30. The van der Waals surface area contributed by atoms with E-state index >= 15 is 0 Å². The number of esters is 1. The molecule has 2 saturated heterocycles. The maximum atomic E-state index is 12.8. The Morgan fingerprint density at radius 1 is 1.20 bits per heavy atom. The minimum atomic E-state index is -1.05. The molecule has 0 bridgehead atoms. The number of nitrogens with zero attached hydrogens (tertiary/aromatic N) is 1. The number of benzene rings is 1. The Morgan fingerprint density at radius 3 is 2.40 bits per heavy atom. The van der Waals surface area contributed by atoms with Crippen LogP contribution in [-0.4, -0.2) is 41.9 Å². The van der Waals surface area contributed by atoms with Crippen LogP contribution in [0, 0.1) is 18.8 Å². The number of nitrogens with two attached hydrogens (primary N) is 1. The Morgan fingerprint density at radius 2 is 1.84 bits per heavy atom. The van der Waals surface area contributed by atoms with E-state index in [4.69, 9.17) is 4.74 Å². The molecule has 4 atom stereocenters. The third-order valence-electron chi connectivity index (χ3n) is 5.69. The number of carbonyl (C=O) groups is 3. The van der Waals surface area contributed by atoms with Gasteiger partial charge in [0, 0.05) is 19.0 Å². The molecular formula is C19H25N2O4+. The van der Waals surface area contributed by atoms with E-state index in [1.54, 1.807) is 6.92 Å². The lowest BCUT2D eigenvalue weighted by Crippen LogP contribution is -2.98. The van der Waals surface area contributed by atoms with Crippen LogP contribution in [0.25, 0.3) is 0 Å². The zero-order valence-electron chi connectivity index (χ0n) is 15.1. The molecule has 0 spiro atoms. The lowest BCUT2D eigenvalue weighted by molar-refractivity contribution is -0.734. The molecule has 6 heteroatoms. The first-order valence-corrected chi connectivity index (χ1v) is 8.78. The first-order chi connectivity index (χ1) is 11.9. The van der Waals surface area contributed by atoms with Crippen molar-refractivity contribution in [3.63, 3.8) is 0 Å². The van der Waals surface area contributed by atoms with Gasteiger partial charge in [-0.1, -0.05) is 36.8 Å². The molecule has 0 aliphatic carbocycles. The van der Waals surface area contributed by atoms with Gasteiger partial charge in [0.1, 0.15) is 17.9 Å². The zero-order valence-corrected chi connectivity index (χ0v) is 15.1. The number of hydrogen-bond acceptors (Lipinski definition) is 4. The van der Waals surface area contributed by atoms with Crippen molar-refractivity contribution >= 4 is 17.8 Å². The van der Waals surface area contributed by atoms with Gasteiger partial charge in [-0.25, -0.2) is 4.79 Å². The summed E-state index contributed by atoms with van der Waals surface area (Å²) in [7, 11) is 1.50. The summed E-state index contributed by atoms with van der Waals surface area (Å²) in [6, 6.07) is 7.65. The van der Waals surface area contributed by atoms with Crippen molar-refractivity contribution in [1.82, 2.24) is 4.90 Å². The summed E-state index contributed by atoms with van der Waals surface area (Å²) in [5.74, 6) is -2.12. The average molecular weight is 345 g/mol. The first-order valence-electron chi connectivity index (χ1n) is 8.78. The average Bonchev–Trinajstić information content (AvgIpc) is 3.06. The highest BCUT2D eigenvalue weighted by atomic mass is 16.5. The van der Waals surface area contributed by atoms with E-state index in [1.165, 1.54) is 11.9 Å². The van der Waals surface area contributed by atoms with E-state index in [2.05, 4.69) is 0 Å². The molecule has 0 unspecified atom stereocenters. The lowest BCUT2D eigenvalue weighted by atomic mass is 9.78. The number of aryl methyl sites for hydroxylation is 1. The second-order valence-electron chi connectivity index (χ2n) is 6.96. The van der Waals surface area contributed by atoms with Gasteiger partial charge in [-0.15, -0.1) is 0 Å². The summed E-state index contributed by atoms with van der Waals surface area (Å²) >= 11 is 0. The van der Waals surface area contributed by atoms with Crippen LogP contribution in [0.3, 0.4) is 0 Å². The van der Waals surface area contributed by atoms with Crippen molar-refractivity contribution in [3.8, 4) is 0 Å². The Bertz CT molecular complexity index is 715. The standard InChI is InChI=1S/C19H24N2O4/c1-5-19(18(24)25-6-2)14-13(16(22)21(4)17(14)23)15(20-19)12-9-7-11(3)8-10-12/h7-10,13-15,20H,5-6H2,1-4H3/p+1/t13-,14-,15-,19+/m0/s1. The predicted octanol–water partition coefficient (Wildman–Crippen LogP) is 0.556. The van der Waals surface area contributed by atoms with Gasteiger partial charge >= 0.3 is 5.97 Å². The van der Waals surface area contributed by atoms with Crippen LogP contribution >= 0.6 is 0 Å². The first kappa shape index (κ1) is 17.6. The summed E-state index contributed by atoms with van der Waals surface area (Å²) in [4.78, 5) is 39.5. The summed E-state index contributed by atoms with van der Waals surface area (Å²) in [5.41, 5.74) is 1.03. The van der Waals surface area contributed by atoms with Crippen molar-refractivity contribution in [2.75, 3.05) is 13.7 Å². The van der Waals surface area contributed by atoms with E-state index in [9.17, 15) is 14.4 Å². The predicted molar refractivity (Wildman–Crippen MR) is 90.3 cm³/mol. The highest BCUT2D eigenvalue weighted by Gasteiger charge is 2.71. The zero-order chi connectivity index (χ0) is 18.4. The van der Waals surface area contributed by atoms with Gasteiger partial charge in [0.2, 0.25) is 17.4 Å². The van der Waals surface area contributed by atoms with E-state index < -0.39 is 23.3 Å². The molecular weight excluding hydrogens is 320 g/mol. The molecule has 1 aromatic carbocycles. The highest BCUT2D eigenvalue weighted by Crippen LogP contribution is 2.45. The minimum Gasteiger partial charge on any atom is -0.461 e. The Hall–Kier alpha value is -2.21. The molecule has 2 heterocycles. The van der Waals surface area contributed by atoms with Crippen LogP contribution in [0.15, 0.2) is 24.3 Å². The molecule has 2 aliphatic heterocycles. The number of amides is 2. The van der Waals surface area contributed by atoms with E-state index in [0.717, 1.165) is 11.1 Å². The molecule has 0 aromatic heterocycles. The quantitative estimate of drug-likeness (QED) is 0.639. The molecule has 0 saturated carbocycles. The van der Waals surface area contributed by atoms with Crippen molar-refractivity contribution in [2.45, 2.75) is 38.8 Å². The molecule has 0 radical (unpaired) electrons. The second-order valence-corrected chi connectivity index (χ2v) is 6.96. The van der Waals surface area contributed by atoms with Crippen molar-refractivity contribution in [2.24, 2.45) is 11.8 Å². The van der Waals surface area contributed by atoms with Crippen LogP contribution in [0.5, 0.6) is 0 Å². The van der Waals surface area contributed by atoms with Gasteiger partial charge < -0.3 is 10.1 Å². The fraction of sp³-hybridized carbons (Fsp3) is 0.526. The van der Waals surface area contributed by atoms with Crippen LogP contribution in [0.2, 0.25) is 0 Å². The summed E-state index contributed by atoms with van der Waals surface area (Å²) in [6.07, 6.45) is 0.433. The normalized spacial score (nSPS) is 31.4. The van der Waals surface area contributed by atoms with Gasteiger partial charge in [-0.05, 0) is 13.8 Å². The Kier molecular flexibility index (Phi) is 4.41. The smallest absolute Gasteiger partial charge is 0.368 e. The van der Waals surface area contributed by atoms with Gasteiger partial charge in [0.25, 0.3) is 0 Å². The number of imide groups is 1. The minimum absolute atomic E-state index is 0.212. The van der Waals surface area contributed by atoms with E-state index in [1.807, 2.05) is 43.4 Å². The molecule has 2 aliphatic rings. The Balaban J connectivity index is 2.10. The molecule has 2 N–H and O–H groups in total. The third kappa shape index (κ3) is 2.47. The maximum absolute atomic E-state index is 12.8. The monoisotopic (exact) mass is 345 g/mol. The third-order valence-corrected chi connectivity index (χ3v) is 5.69. The number of ether oxygens (including phenoxy) is 1.